The summed E-state index contributed by atoms with van der Waals surface area (Å²) in [6, 6.07) is 7.78. The number of para-hydroxylation sites is 1. The number of carbonyl (C=O) groups excluding carboxylic acids is 4. The quantitative estimate of drug-likeness (QED) is 0.428. The number of esters is 2. The molecule has 1 aromatic carbocycles. The second-order valence-corrected chi connectivity index (χ2v) is 7.75. The van der Waals surface area contributed by atoms with Crippen LogP contribution in [0.4, 0.5) is 0 Å². The molecule has 0 bridgehead atoms. The molecule has 1 fully saturated rings. The van der Waals surface area contributed by atoms with Crippen molar-refractivity contribution in [1.82, 2.24) is 10.6 Å². The van der Waals surface area contributed by atoms with Crippen molar-refractivity contribution in [3.63, 3.8) is 0 Å². The third kappa shape index (κ3) is 6.65. The van der Waals surface area contributed by atoms with Crippen LogP contribution in [0.2, 0.25) is 0 Å². The number of rotatable bonds is 8. The van der Waals surface area contributed by atoms with Crippen LogP contribution in [0, 0.1) is 5.92 Å². The van der Waals surface area contributed by atoms with Crippen LogP contribution in [0.15, 0.2) is 34.7 Å². The standard InChI is InChI=1S/C22H27N3O6/c23-16(10-14-6-2-1-3-7-14)21(28)25-12-19(26)24-13-20(27)31-22(29)18-11-15-8-4-5-9-17(15)30-18/h4-5,8-9,11,14,16H,1-3,6-7,10,12-13,23H2,(H,24,26)(H,25,28)/t16-/m0/s1. The van der Waals surface area contributed by atoms with Crippen LogP contribution < -0.4 is 16.4 Å². The lowest BCUT2D eigenvalue weighted by atomic mass is 9.85. The summed E-state index contributed by atoms with van der Waals surface area (Å²) >= 11 is 0. The topological polar surface area (TPSA) is 141 Å². The van der Waals surface area contributed by atoms with Crippen molar-refractivity contribution in [1.29, 1.82) is 0 Å². The van der Waals surface area contributed by atoms with E-state index in [1.54, 1.807) is 24.3 Å². The van der Waals surface area contributed by atoms with E-state index < -0.39 is 36.3 Å². The van der Waals surface area contributed by atoms with Gasteiger partial charge in [0.15, 0.2) is 0 Å². The number of hydrogen-bond acceptors (Lipinski definition) is 7. The molecule has 1 atom stereocenters. The Bertz CT molecular complexity index is 915. The molecule has 0 aliphatic heterocycles. The van der Waals surface area contributed by atoms with Crippen LogP contribution in [-0.4, -0.2) is 42.9 Å². The minimum Gasteiger partial charge on any atom is -0.449 e. The first-order valence-electron chi connectivity index (χ1n) is 10.5. The lowest BCUT2D eigenvalue weighted by molar-refractivity contribution is -0.138. The number of furan rings is 1. The highest BCUT2D eigenvalue weighted by atomic mass is 16.6. The van der Waals surface area contributed by atoms with Gasteiger partial charge in [0.25, 0.3) is 0 Å². The summed E-state index contributed by atoms with van der Waals surface area (Å²) in [5.41, 5.74) is 6.42. The normalized spacial score (nSPS) is 15.3. The number of hydrogen-bond donors (Lipinski definition) is 3. The molecule has 2 amide bonds. The maximum absolute atomic E-state index is 12.1. The van der Waals surface area contributed by atoms with Gasteiger partial charge in [-0.25, -0.2) is 9.59 Å². The van der Waals surface area contributed by atoms with E-state index in [1.807, 2.05) is 0 Å². The first-order chi connectivity index (χ1) is 14.9. The Labute approximate surface area is 179 Å². The van der Waals surface area contributed by atoms with Crippen molar-refractivity contribution in [2.24, 2.45) is 11.7 Å². The SMILES string of the molecule is N[C@@H](CC1CCCCC1)C(=O)NCC(=O)NCC(=O)OC(=O)c1cc2ccccc2o1. The third-order valence-electron chi connectivity index (χ3n) is 5.34. The molecule has 1 aliphatic carbocycles. The summed E-state index contributed by atoms with van der Waals surface area (Å²) < 4.78 is 10.00. The molecular formula is C22H27N3O6. The van der Waals surface area contributed by atoms with Gasteiger partial charge in [0.2, 0.25) is 17.6 Å². The van der Waals surface area contributed by atoms with Crippen LogP contribution in [0.1, 0.15) is 49.1 Å². The predicted molar refractivity (Wildman–Crippen MR) is 112 cm³/mol. The minimum absolute atomic E-state index is 0.111. The first-order valence-corrected chi connectivity index (χ1v) is 10.5. The minimum atomic E-state index is -0.947. The highest BCUT2D eigenvalue weighted by Crippen LogP contribution is 2.26. The molecule has 2 aromatic rings. The number of fused-ring (bicyclic) bond motifs is 1. The monoisotopic (exact) mass is 429 g/mol. The number of nitrogens with two attached hydrogens (primary N) is 1. The molecule has 9 heteroatoms. The van der Waals surface area contributed by atoms with E-state index >= 15 is 0 Å². The Kier molecular flexibility index (Phi) is 7.77. The molecule has 166 valence electrons. The third-order valence-corrected chi connectivity index (χ3v) is 5.34. The van der Waals surface area contributed by atoms with E-state index in [0.29, 0.717) is 23.3 Å². The predicted octanol–water partition coefficient (Wildman–Crippen LogP) is 1.65. The van der Waals surface area contributed by atoms with Gasteiger partial charge in [-0.2, -0.15) is 0 Å². The number of amides is 2. The van der Waals surface area contributed by atoms with E-state index in [2.05, 4.69) is 15.4 Å². The second kappa shape index (κ2) is 10.7. The zero-order valence-corrected chi connectivity index (χ0v) is 17.2. The molecule has 3 rings (SSSR count). The van der Waals surface area contributed by atoms with E-state index in [-0.39, 0.29) is 12.3 Å². The fraction of sp³-hybridized carbons (Fsp3) is 0.455. The van der Waals surface area contributed by atoms with Crippen molar-refractivity contribution in [3.05, 3.63) is 36.1 Å². The van der Waals surface area contributed by atoms with Crippen LogP contribution in [0.5, 0.6) is 0 Å². The number of carbonyl (C=O) groups is 4. The van der Waals surface area contributed by atoms with Gasteiger partial charge in [-0.3, -0.25) is 9.59 Å². The van der Waals surface area contributed by atoms with Crippen LogP contribution in [0.3, 0.4) is 0 Å². The molecule has 0 spiro atoms. The van der Waals surface area contributed by atoms with Gasteiger partial charge < -0.3 is 25.5 Å². The average Bonchev–Trinajstić information content (AvgIpc) is 3.21. The summed E-state index contributed by atoms with van der Waals surface area (Å²) in [6.45, 7) is -0.837. The Morgan fingerprint density at radius 2 is 1.81 bits per heavy atom. The van der Waals surface area contributed by atoms with Gasteiger partial charge in [-0.05, 0) is 24.5 Å². The molecule has 0 saturated heterocycles. The zero-order valence-electron chi connectivity index (χ0n) is 17.2. The van der Waals surface area contributed by atoms with Gasteiger partial charge >= 0.3 is 11.9 Å². The summed E-state index contributed by atoms with van der Waals surface area (Å²) in [6.07, 6.45) is 6.31. The van der Waals surface area contributed by atoms with Gasteiger partial charge in [0.05, 0.1) is 12.6 Å². The number of ether oxygens (including phenoxy) is 1. The smallest absolute Gasteiger partial charge is 0.381 e. The van der Waals surface area contributed by atoms with Gasteiger partial charge in [0.1, 0.15) is 12.1 Å². The fourth-order valence-corrected chi connectivity index (χ4v) is 3.69. The fourth-order valence-electron chi connectivity index (χ4n) is 3.69. The molecule has 1 aliphatic rings. The van der Waals surface area contributed by atoms with E-state index in [9.17, 15) is 19.2 Å². The summed E-state index contributed by atoms with van der Waals surface area (Å²) in [7, 11) is 0. The van der Waals surface area contributed by atoms with E-state index in [0.717, 1.165) is 25.7 Å². The van der Waals surface area contributed by atoms with Crippen LogP contribution >= 0.6 is 0 Å². The average molecular weight is 429 g/mol. The lowest BCUT2D eigenvalue weighted by Crippen LogP contribution is -2.46. The highest BCUT2D eigenvalue weighted by molar-refractivity contribution is 5.99. The Morgan fingerprint density at radius 3 is 2.55 bits per heavy atom. The molecule has 9 nitrogen and oxygen atoms in total. The highest BCUT2D eigenvalue weighted by Gasteiger charge is 2.22. The van der Waals surface area contributed by atoms with Crippen molar-refractivity contribution >= 4 is 34.7 Å². The molecule has 31 heavy (non-hydrogen) atoms. The summed E-state index contributed by atoms with van der Waals surface area (Å²) in [5, 5.41) is 5.46. The molecule has 0 unspecified atom stereocenters. The molecule has 4 N–H and O–H groups in total. The van der Waals surface area contributed by atoms with Crippen molar-refractivity contribution in [3.8, 4) is 0 Å². The van der Waals surface area contributed by atoms with Crippen molar-refractivity contribution < 1.29 is 28.3 Å². The number of benzene rings is 1. The summed E-state index contributed by atoms with van der Waals surface area (Å²) in [5.74, 6) is -2.55. The van der Waals surface area contributed by atoms with Crippen molar-refractivity contribution in [2.45, 2.75) is 44.6 Å². The van der Waals surface area contributed by atoms with Crippen LogP contribution in [-0.2, 0) is 19.1 Å². The molecule has 1 heterocycles. The van der Waals surface area contributed by atoms with Crippen molar-refractivity contribution in [2.75, 3.05) is 13.1 Å². The molecule has 1 aromatic heterocycles. The van der Waals surface area contributed by atoms with Gasteiger partial charge in [-0.15, -0.1) is 0 Å². The van der Waals surface area contributed by atoms with E-state index in [4.69, 9.17) is 10.2 Å². The summed E-state index contributed by atoms with van der Waals surface area (Å²) in [4.78, 5) is 47.7. The maximum atomic E-state index is 12.1. The Hall–Kier alpha value is -3.20. The lowest BCUT2D eigenvalue weighted by Gasteiger charge is -2.24. The maximum Gasteiger partial charge on any atom is 0.381 e. The molecular weight excluding hydrogens is 402 g/mol. The van der Waals surface area contributed by atoms with Crippen LogP contribution in [0.25, 0.3) is 11.0 Å². The second-order valence-electron chi connectivity index (χ2n) is 7.75. The van der Waals surface area contributed by atoms with Gasteiger partial charge in [0, 0.05) is 5.39 Å². The number of nitrogens with one attached hydrogen (secondary N) is 2. The van der Waals surface area contributed by atoms with E-state index in [1.165, 1.54) is 12.5 Å². The van der Waals surface area contributed by atoms with Gasteiger partial charge in [-0.1, -0.05) is 50.3 Å². The zero-order chi connectivity index (χ0) is 22.2. The molecule has 0 radical (unpaired) electrons. The first kappa shape index (κ1) is 22.5. The molecule has 1 saturated carbocycles. The Balaban J connectivity index is 1.35. The Morgan fingerprint density at radius 1 is 1.06 bits per heavy atom. The largest absolute Gasteiger partial charge is 0.449 e.